The largest absolute Gasteiger partial charge is 0.373 e. The fourth-order valence-electron chi connectivity index (χ4n) is 2.05. The molecule has 0 aromatic heterocycles. The number of anilines is 1. The molecule has 1 aliphatic rings. The average molecular weight is 297 g/mol. The lowest BCUT2D eigenvalue weighted by molar-refractivity contribution is 0.652. The summed E-state index contributed by atoms with van der Waals surface area (Å²) in [5.41, 5.74) is 2.62. The van der Waals surface area contributed by atoms with Gasteiger partial charge in [-0.15, -0.1) is 0 Å². The molecule has 1 fully saturated rings. The minimum atomic E-state index is 0.397. The molecule has 1 saturated carbocycles. The molecule has 0 saturated heterocycles. The van der Waals surface area contributed by atoms with Gasteiger partial charge >= 0.3 is 0 Å². The predicted octanol–water partition coefficient (Wildman–Crippen LogP) is 3.58. The summed E-state index contributed by atoms with van der Waals surface area (Å²) in [6, 6.07) is 7.05. The summed E-state index contributed by atoms with van der Waals surface area (Å²) in [5.74, 6) is 0.919. The highest BCUT2D eigenvalue weighted by molar-refractivity contribution is 9.10. The molecule has 3 heteroatoms. The fourth-order valence-corrected chi connectivity index (χ4v) is 2.75. The van der Waals surface area contributed by atoms with E-state index in [-0.39, 0.29) is 0 Å². The van der Waals surface area contributed by atoms with Crippen LogP contribution in [0.1, 0.15) is 31.4 Å². The Kier molecular flexibility index (Phi) is 4.10. The van der Waals surface area contributed by atoms with Crippen molar-refractivity contribution in [3.63, 3.8) is 0 Å². The number of benzene rings is 1. The van der Waals surface area contributed by atoms with Gasteiger partial charge in [-0.3, -0.25) is 0 Å². The lowest BCUT2D eigenvalue weighted by Gasteiger charge is -2.22. The summed E-state index contributed by atoms with van der Waals surface area (Å²) in [4.78, 5) is 2.36. The number of halogens is 1. The van der Waals surface area contributed by atoms with Gasteiger partial charge in [0.05, 0.1) is 5.69 Å². The van der Waals surface area contributed by atoms with Gasteiger partial charge in [-0.05, 0) is 66.4 Å². The number of nitrogens with zero attached hydrogens (tertiary/aromatic N) is 1. The smallest absolute Gasteiger partial charge is 0.0508 e. The summed E-state index contributed by atoms with van der Waals surface area (Å²) in [6.45, 7) is 3.36. The summed E-state index contributed by atoms with van der Waals surface area (Å²) < 4.78 is 1.19. The first-order valence-corrected chi connectivity index (χ1v) is 7.09. The summed E-state index contributed by atoms with van der Waals surface area (Å²) in [5, 5.41) is 3.26. The summed E-state index contributed by atoms with van der Waals surface area (Å²) in [7, 11) is 4.17. The van der Waals surface area contributed by atoms with Gasteiger partial charge in [0.25, 0.3) is 0 Å². The van der Waals surface area contributed by atoms with Gasteiger partial charge in [0.15, 0.2) is 0 Å². The molecule has 0 radical (unpaired) electrons. The maximum atomic E-state index is 3.69. The zero-order valence-electron chi connectivity index (χ0n) is 10.8. The standard InChI is InChI=1S/C14H21BrN2/c1-10(16-2)12-6-7-14(13(15)8-12)17(3)9-11-4-5-11/h6-8,10-11,16H,4-5,9H2,1-3H3. The van der Waals surface area contributed by atoms with Crippen LogP contribution in [0.25, 0.3) is 0 Å². The van der Waals surface area contributed by atoms with Gasteiger partial charge in [0.1, 0.15) is 0 Å². The molecular formula is C14H21BrN2. The van der Waals surface area contributed by atoms with Crippen LogP contribution in [0.3, 0.4) is 0 Å². The zero-order chi connectivity index (χ0) is 12.4. The number of nitrogens with one attached hydrogen (secondary N) is 1. The topological polar surface area (TPSA) is 15.3 Å². The molecule has 1 N–H and O–H groups in total. The Morgan fingerprint density at radius 3 is 2.71 bits per heavy atom. The molecule has 0 heterocycles. The van der Waals surface area contributed by atoms with Crippen molar-refractivity contribution >= 4 is 21.6 Å². The summed E-state index contributed by atoms with van der Waals surface area (Å²) >= 11 is 3.69. The fraction of sp³-hybridized carbons (Fsp3) is 0.571. The van der Waals surface area contributed by atoms with E-state index in [9.17, 15) is 0 Å². The van der Waals surface area contributed by atoms with E-state index in [2.05, 4.69) is 58.3 Å². The van der Waals surface area contributed by atoms with E-state index in [0.717, 1.165) is 5.92 Å². The van der Waals surface area contributed by atoms with Crippen LogP contribution in [0.4, 0.5) is 5.69 Å². The van der Waals surface area contributed by atoms with E-state index in [0.29, 0.717) is 6.04 Å². The molecule has 2 nitrogen and oxygen atoms in total. The van der Waals surface area contributed by atoms with Crippen molar-refractivity contribution in [2.45, 2.75) is 25.8 Å². The zero-order valence-corrected chi connectivity index (χ0v) is 12.4. The van der Waals surface area contributed by atoms with Crippen molar-refractivity contribution in [2.24, 2.45) is 5.92 Å². The molecule has 0 amide bonds. The molecule has 17 heavy (non-hydrogen) atoms. The number of rotatable bonds is 5. The summed E-state index contributed by atoms with van der Waals surface area (Å²) in [6.07, 6.45) is 2.80. The van der Waals surface area contributed by atoms with Gasteiger partial charge in [0, 0.05) is 24.1 Å². The van der Waals surface area contributed by atoms with Crippen LogP contribution in [0.5, 0.6) is 0 Å². The SMILES string of the molecule is CNC(C)c1ccc(N(C)CC2CC2)c(Br)c1. The number of hydrogen-bond acceptors (Lipinski definition) is 2. The van der Waals surface area contributed by atoms with Crippen LogP contribution in [0, 0.1) is 5.92 Å². The van der Waals surface area contributed by atoms with Gasteiger partial charge in [-0.25, -0.2) is 0 Å². The van der Waals surface area contributed by atoms with Crippen LogP contribution >= 0.6 is 15.9 Å². The van der Waals surface area contributed by atoms with E-state index < -0.39 is 0 Å². The van der Waals surface area contributed by atoms with E-state index in [1.54, 1.807) is 0 Å². The highest BCUT2D eigenvalue weighted by atomic mass is 79.9. The normalized spacial score (nSPS) is 16.9. The highest BCUT2D eigenvalue weighted by Gasteiger charge is 2.23. The molecular weight excluding hydrogens is 276 g/mol. The third-order valence-electron chi connectivity index (χ3n) is 3.54. The van der Waals surface area contributed by atoms with Crippen LogP contribution in [-0.2, 0) is 0 Å². The molecule has 1 aromatic rings. The third kappa shape index (κ3) is 3.23. The van der Waals surface area contributed by atoms with Crippen LogP contribution in [0.2, 0.25) is 0 Å². The van der Waals surface area contributed by atoms with E-state index in [1.807, 2.05) is 7.05 Å². The van der Waals surface area contributed by atoms with Crippen LogP contribution < -0.4 is 10.2 Å². The van der Waals surface area contributed by atoms with Crippen molar-refractivity contribution in [2.75, 3.05) is 25.5 Å². The van der Waals surface area contributed by atoms with Gasteiger partial charge in [-0.2, -0.15) is 0 Å². The molecule has 0 spiro atoms. The molecule has 1 atom stereocenters. The molecule has 2 rings (SSSR count). The van der Waals surface area contributed by atoms with Crippen molar-refractivity contribution in [3.05, 3.63) is 28.2 Å². The minimum Gasteiger partial charge on any atom is -0.373 e. The van der Waals surface area contributed by atoms with Crippen molar-refractivity contribution < 1.29 is 0 Å². The van der Waals surface area contributed by atoms with E-state index >= 15 is 0 Å². The van der Waals surface area contributed by atoms with Crippen molar-refractivity contribution in [1.29, 1.82) is 0 Å². The van der Waals surface area contributed by atoms with Crippen molar-refractivity contribution in [1.82, 2.24) is 5.32 Å². The van der Waals surface area contributed by atoms with Crippen LogP contribution in [-0.4, -0.2) is 20.6 Å². The highest BCUT2D eigenvalue weighted by Crippen LogP contribution is 2.34. The lowest BCUT2D eigenvalue weighted by Crippen LogP contribution is -2.20. The molecule has 0 aliphatic heterocycles. The lowest BCUT2D eigenvalue weighted by atomic mass is 10.1. The predicted molar refractivity (Wildman–Crippen MR) is 77.6 cm³/mol. The van der Waals surface area contributed by atoms with Crippen LogP contribution in [0.15, 0.2) is 22.7 Å². The second kappa shape index (κ2) is 5.40. The molecule has 1 aromatic carbocycles. The van der Waals surface area contributed by atoms with Gasteiger partial charge in [-0.1, -0.05) is 6.07 Å². The Morgan fingerprint density at radius 2 is 2.18 bits per heavy atom. The Morgan fingerprint density at radius 1 is 1.47 bits per heavy atom. The Bertz CT molecular complexity index is 388. The third-order valence-corrected chi connectivity index (χ3v) is 4.18. The molecule has 1 aliphatic carbocycles. The van der Waals surface area contributed by atoms with E-state index in [1.165, 1.54) is 35.1 Å². The van der Waals surface area contributed by atoms with Gasteiger partial charge in [0.2, 0.25) is 0 Å². The Labute approximate surface area is 113 Å². The first-order chi connectivity index (χ1) is 8.11. The molecule has 1 unspecified atom stereocenters. The second-order valence-corrected chi connectivity index (χ2v) is 5.90. The average Bonchev–Trinajstić information content (AvgIpc) is 3.11. The maximum absolute atomic E-state index is 3.69. The Hall–Kier alpha value is -0.540. The maximum Gasteiger partial charge on any atom is 0.0508 e. The first-order valence-electron chi connectivity index (χ1n) is 6.29. The van der Waals surface area contributed by atoms with Gasteiger partial charge < -0.3 is 10.2 Å². The first kappa shape index (κ1) is 12.9. The monoisotopic (exact) mass is 296 g/mol. The Balaban J connectivity index is 2.12. The quantitative estimate of drug-likeness (QED) is 0.893. The number of hydrogen-bond donors (Lipinski definition) is 1. The second-order valence-electron chi connectivity index (χ2n) is 5.05. The van der Waals surface area contributed by atoms with E-state index in [4.69, 9.17) is 0 Å². The molecule has 0 bridgehead atoms. The minimum absolute atomic E-state index is 0.397. The molecule has 94 valence electrons. The van der Waals surface area contributed by atoms with Crippen molar-refractivity contribution in [3.8, 4) is 0 Å².